The summed E-state index contributed by atoms with van der Waals surface area (Å²) in [7, 11) is 0. The Morgan fingerprint density at radius 3 is 2.57 bits per heavy atom. The summed E-state index contributed by atoms with van der Waals surface area (Å²) in [6.07, 6.45) is 0. The van der Waals surface area contributed by atoms with E-state index in [-0.39, 0.29) is 0 Å². The number of hydrogen-bond acceptors (Lipinski definition) is 4. The molecule has 1 aromatic heterocycles. The monoisotopic (exact) mass is 342 g/mol. The van der Waals surface area contributed by atoms with Crippen molar-refractivity contribution in [3.8, 4) is 11.6 Å². The fraction of sp³-hybridized carbons (Fsp3) is 0.0556. The highest BCUT2D eigenvalue weighted by atomic mass is 35.5. The van der Waals surface area contributed by atoms with Gasteiger partial charge in [0, 0.05) is 17.5 Å². The Kier molecular flexibility index (Phi) is 5.05. The summed E-state index contributed by atoms with van der Waals surface area (Å²) < 4.78 is 5.73. The average Bonchev–Trinajstić information content (AvgIpc) is 2.57. The molecule has 116 valence electrons. The SMILES string of the molecule is Sc1ccccc1CNc1cccc(Oc2ccccc2Cl)n1. The third-order valence-corrected chi connectivity index (χ3v) is 3.97. The molecule has 1 N–H and O–H groups in total. The lowest BCUT2D eigenvalue weighted by Crippen LogP contribution is -2.02. The third kappa shape index (κ3) is 4.18. The van der Waals surface area contributed by atoms with Crippen LogP contribution in [0.25, 0.3) is 0 Å². The maximum atomic E-state index is 6.10. The molecule has 0 unspecified atom stereocenters. The number of halogens is 1. The maximum Gasteiger partial charge on any atom is 0.221 e. The third-order valence-electron chi connectivity index (χ3n) is 3.23. The number of ether oxygens (including phenoxy) is 1. The van der Waals surface area contributed by atoms with Crippen LogP contribution < -0.4 is 10.1 Å². The van der Waals surface area contributed by atoms with Crippen molar-refractivity contribution >= 4 is 30.0 Å². The van der Waals surface area contributed by atoms with Crippen LogP contribution in [-0.4, -0.2) is 4.98 Å². The number of nitrogens with one attached hydrogen (secondary N) is 1. The molecule has 0 aliphatic heterocycles. The molecule has 0 saturated heterocycles. The molecule has 3 rings (SSSR count). The molecule has 0 aliphatic carbocycles. The molecule has 0 saturated carbocycles. The summed E-state index contributed by atoms with van der Waals surface area (Å²) in [6.45, 7) is 0.641. The fourth-order valence-electron chi connectivity index (χ4n) is 2.06. The fourth-order valence-corrected chi connectivity index (χ4v) is 2.47. The highest BCUT2D eigenvalue weighted by Gasteiger charge is 2.04. The van der Waals surface area contributed by atoms with Crippen LogP contribution in [0.15, 0.2) is 71.6 Å². The van der Waals surface area contributed by atoms with E-state index in [2.05, 4.69) is 22.9 Å². The topological polar surface area (TPSA) is 34.1 Å². The summed E-state index contributed by atoms with van der Waals surface area (Å²) in [4.78, 5) is 5.38. The Hall–Kier alpha value is -2.17. The van der Waals surface area contributed by atoms with Gasteiger partial charge in [0.25, 0.3) is 0 Å². The van der Waals surface area contributed by atoms with E-state index >= 15 is 0 Å². The first-order valence-corrected chi connectivity index (χ1v) is 7.95. The van der Waals surface area contributed by atoms with Crippen LogP contribution in [0.5, 0.6) is 11.6 Å². The summed E-state index contributed by atoms with van der Waals surface area (Å²) >= 11 is 10.5. The van der Waals surface area contributed by atoms with Crippen LogP contribution in [0.4, 0.5) is 5.82 Å². The Morgan fingerprint density at radius 1 is 0.957 bits per heavy atom. The van der Waals surface area contributed by atoms with E-state index in [0.29, 0.717) is 23.2 Å². The van der Waals surface area contributed by atoms with Gasteiger partial charge >= 0.3 is 0 Å². The van der Waals surface area contributed by atoms with E-state index in [4.69, 9.17) is 16.3 Å². The first kappa shape index (κ1) is 15.7. The van der Waals surface area contributed by atoms with Gasteiger partial charge in [-0.2, -0.15) is 4.98 Å². The Labute approximate surface area is 145 Å². The molecule has 0 radical (unpaired) electrons. The molecule has 1 heterocycles. The number of pyridine rings is 1. The quantitative estimate of drug-likeness (QED) is 0.607. The number of nitrogens with zero attached hydrogens (tertiary/aromatic N) is 1. The summed E-state index contributed by atoms with van der Waals surface area (Å²) in [6, 6.07) is 20.8. The van der Waals surface area contributed by atoms with Gasteiger partial charge in [-0.25, -0.2) is 0 Å². The van der Waals surface area contributed by atoms with Crippen molar-refractivity contribution < 1.29 is 4.74 Å². The van der Waals surface area contributed by atoms with Crippen LogP contribution in [0, 0.1) is 0 Å². The summed E-state index contributed by atoms with van der Waals surface area (Å²) in [5.74, 6) is 1.80. The van der Waals surface area contributed by atoms with Gasteiger partial charge in [-0.15, -0.1) is 12.6 Å². The molecule has 5 heteroatoms. The molecular formula is C18H15ClN2OS. The van der Waals surface area contributed by atoms with Crippen molar-refractivity contribution in [3.05, 3.63) is 77.3 Å². The number of para-hydroxylation sites is 1. The van der Waals surface area contributed by atoms with Gasteiger partial charge in [0.1, 0.15) is 11.6 Å². The molecule has 0 atom stereocenters. The Bertz CT molecular complexity index is 810. The minimum Gasteiger partial charge on any atom is -0.437 e. The van der Waals surface area contributed by atoms with Gasteiger partial charge < -0.3 is 10.1 Å². The van der Waals surface area contributed by atoms with Gasteiger partial charge in [0.2, 0.25) is 5.88 Å². The Balaban J connectivity index is 1.70. The Morgan fingerprint density at radius 2 is 1.74 bits per heavy atom. The molecule has 0 bridgehead atoms. The average molecular weight is 343 g/mol. The summed E-state index contributed by atoms with van der Waals surface area (Å²) in [5, 5.41) is 3.82. The van der Waals surface area contributed by atoms with E-state index in [1.165, 1.54) is 0 Å². The predicted molar refractivity (Wildman–Crippen MR) is 96.8 cm³/mol. The van der Waals surface area contributed by atoms with E-state index < -0.39 is 0 Å². The minimum atomic E-state index is 0.488. The smallest absolute Gasteiger partial charge is 0.221 e. The molecule has 0 aliphatic rings. The van der Waals surface area contributed by atoms with Crippen molar-refractivity contribution in [1.82, 2.24) is 4.98 Å². The number of thiol groups is 1. The highest BCUT2D eigenvalue weighted by Crippen LogP contribution is 2.28. The maximum absolute atomic E-state index is 6.10. The van der Waals surface area contributed by atoms with E-state index in [1.54, 1.807) is 18.2 Å². The molecule has 2 aromatic carbocycles. The zero-order valence-corrected chi connectivity index (χ0v) is 13.9. The van der Waals surface area contributed by atoms with Crippen LogP contribution in [0.3, 0.4) is 0 Å². The van der Waals surface area contributed by atoms with Gasteiger partial charge in [0.15, 0.2) is 0 Å². The van der Waals surface area contributed by atoms with Crippen LogP contribution >= 0.6 is 24.2 Å². The predicted octanol–water partition coefficient (Wildman–Crippen LogP) is 5.43. The van der Waals surface area contributed by atoms with Crippen LogP contribution in [-0.2, 0) is 6.54 Å². The van der Waals surface area contributed by atoms with E-state index in [0.717, 1.165) is 16.3 Å². The number of anilines is 1. The van der Waals surface area contributed by atoms with Crippen molar-refractivity contribution in [1.29, 1.82) is 0 Å². The van der Waals surface area contributed by atoms with Gasteiger partial charge in [-0.3, -0.25) is 0 Å². The molecule has 0 spiro atoms. The van der Waals surface area contributed by atoms with Crippen LogP contribution in [0.1, 0.15) is 5.56 Å². The lowest BCUT2D eigenvalue weighted by molar-refractivity contribution is 0.464. The second-order valence-electron chi connectivity index (χ2n) is 4.88. The number of hydrogen-bond donors (Lipinski definition) is 2. The summed E-state index contributed by atoms with van der Waals surface area (Å²) in [5.41, 5.74) is 1.11. The van der Waals surface area contributed by atoms with Gasteiger partial charge in [0.05, 0.1) is 5.02 Å². The van der Waals surface area contributed by atoms with Crippen molar-refractivity contribution in [2.24, 2.45) is 0 Å². The van der Waals surface area contributed by atoms with Crippen LogP contribution in [0.2, 0.25) is 5.02 Å². The molecule has 3 aromatic rings. The number of aromatic nitrogens is 1. The lowest BCUT2D eigenvalue weighted by atomic mass is 10.2. The molecule has 0 fully saturated rings. The zero-order chi connectivity index (χ0) is 16.1. The van der Waals surface area contributed by atoms with Gasteiger partial charge in [-0.05, 0) is 29.8 Å². The molecule has 23 heavy (non-hydrogen) atoms. The molecular weight excluding hydrogens is 328 g/mol. The lowest BCUT2D eigenvalue weighted by Gasteiger charge is -2.10. The first-order chi connectivity index (χ1) is 11.2. The number of benzene rings is 2. The zero-order valence-electron chi connectivity index (χ0n) is 12.2. The van der Waals surface area contributed by atoms with Crippen molar-refractivity contribution in [3.63, 3.8) is 0 Å². The van der Waals surface area contributed by atoms with Crippen molar-refractivity contribution in [2.45, 2.75) is 11.4 Å². The standard InChI is InChI=1S/C18H15ClN2OS/c19-14-7-2-3-8-15(14)22-18-11-5-10-17(21-18)20-12-13-6-1-4-9-16(13)23/h1-11,23H,12H2,(H,20,21). The normalized spacial score (nSPS) is 10.3. The number of rotatable bonds is 5. The first-order valence-electron chi connectivity index (χ1n) is 7.12. The second-order valence-corrected chi connectivity index (χ2v) is 5.76. The van der Waals surface area contributed by atoms with E-state index in [9.17, 15) is 0 Å². The van der Waals surface area contributed by atoms with Crippen molar-refractivity contribution in [2.75, 3.05) is 5.32 Å². The molecule has 0 amide bonds. The second kappa shape index (κ2) is 7.40. The largest absolute Gasteiger partial charge is 0.437 e. The minimum absolute atomic E-state index is 0.488. The molecule has 3 nitrogen and oxygen atoms in total. The van der Waals surface area contributed by atoms with Gasteiger partial charge in [-0.1, -0.05) is 48.0 Å². The highest BCUT2D eigenvalue weighted by molar-refractivity contribution is 7.80. The van der Waals surface area contributed by atoms with E-state index in [1.807, 2.05) is 48.5 Å².